The van der Waals surface area contributed by atoms with E-state index in [0.29, 0.717) is 12.8 Å². The van der Waals surface area contributed by atoms with E-state index in [1.165, 1.54) is 0 Å². The van der Waals surface area contributed by atoms with Gasteiger partial charge >= 0.3 is 5.97 Å². The lowest BCUT2D eigenvalue weighted by Gasteiger charge is -2.10. The van der Waals surface area contributed by atoms with Crippen molar-refractivity contribution in [2.75, 3.05) is 5.75 Å². The van der Waals surface area contributed by atoms with E-state index >= 15 is 0 Å². The van der Waals surface area contributed by atoms with Crippen molar-refractivity contribution in [3.8, 4) is 0 Å². The molecule has 0 aliphatic heterocycles. The molecule has 0 heterocycles. The minimum absolute atomic E-state index is 0.233. The summed E-state index contributed by atoms with van der Waals surface area (Å²) in [5.74, 6) is -1.03. The van der Waals surface area contributed by atoms with Gasteiger partial charge in [0.05, 0.1) is 11.2 Å². The van der Waals surface area contributed by atoms with E-state index < -0.39 is 17.8 Å². The van der Waals surface area contributed by atoms with Gasteiger partial charge in [0.1, 0.15) is 0 Å². The van der Waals surface area contributed by atoms with Crippen molar-refractivity contribution in [2.45, 2.75) is 29.6 Å². The Balaban J connectivity index is 2.06. The Kier molecular flexibility index (Phi) is 3.38. The number of carboxylic acids is 1. The summed E-state index contributed by atoms with van der Waals surface area (Å²) in [7, 11) is 0. The third-order valence-corrected chi connectivity index (χ3v) is 3.97. The van der Waals surface area contributed by atoms with Gasteiger partial charge < -0.3 is 5.11 Å². The first-order valence-electron chi connectivity index (χ1n) is 5.29. The Hall–Kier alpha value is -1.10. The molecule has 0 spiro atoms. The number of carboxylic acid groups (broad SMARTS) is 1. The zero-order chi connectivity index (χ0) is 12.5. The summed E-state index contributed by atoms with van der Waals surface area (Å²) in [6.45, 7) is 0. The molecule has 0 radical (unpaired) electrons. The molecule has 0 amide bonds. The fraction of sp³-hybridized carbons (Fsp3) is 0.417. The highest BCUT2D eigenvalue weighted by Gasteiger charge is 2.51. The first-order valence-corrected chi connectivity index (χ1v) is 6.28. The van der Waals surface area contributed by atoms with Crippen LogP contribution >= 0.6 is 11.8 Å². The average molecular weight is 258 g/mol. The van der Waals surface area contributed by atoms with E-state index in [9.17, 15) is 13.6 Å². The zero-order valence-electron chi connectivity index (χ0n) is 9.03. The monoisotopic (exact) mass is 258 g/mol. The molecule has 0 unspecified atom stereocenters. The van der Waals surface area contributed by atoms with Crippen LogP contribution in [0.2, 0.25) is 0 Å². The third-order valence-electron chi connectivity index (χ3n) is 2.94. The normalized spacial score (nSPS) is 17.1. The van der Waals surface area contributed by atoms with Crippen LogP contribution in [-0.2, 0) is 10.2 Å². The molecular formula is C12H12F2O2S. The van der Waals surface area contributed by atoms with E-state index in [1.807, 2.05) is 0 Å². The van der Waals surface area contributed by atoms with Crippen LogP contribution in [0.25, 0.3) is 0 Å². The molecule has 1 aromatic carbocycles. The molecule has 1 aromatic rings. The molecule has 1 fully saturated rings. The Morgan fingerprint density at radius 3 is 2.35 bits per heavy atom. The molecule has 0 saturated heterocycles. The van der Waals surface area contributed by atoms with Crippen molar-refractivity contribution in [1.82, 2.24) is 0 Å². The van der Waals surface area contributed by atoms with Crippen LogP contribution < -0.4 is 0 Å². The number of halogens is 2. The summed E-state index contributed by atoms with van der Waals surface area (Å²) in [4.78, 5) is 11.8. The quantitative estimate of drug-likeness (QED) is 0.824. The number of carbonyl (C=O) groups is 1. The van der Waals surface area contributed by atoms with Gasteiger partial charge in [-0.25, -0.2) is 8.78 Å². The predicted molar refractivity (Wildman–Crippen MR) is 61.7 cm³/mol. The summed E-state index contributed by atoms with van der Waals surface area (Å²) >= 11 is 1.08. The molecule has 2 rings (SSSR count). The molecule has 1 N–H and O–H groups in total. The Labute approximate surface area is 102 Å². The first-order chi connectivity index (χ1) is 8.04. The van der Waals surface area contributed by atoms with Crippen molar-refractivity contribution < 1.29 is 18.7 Å². The smallest absolute Gasteiger partial charge is 0.314 e. The lowest BCUT2D eigenvalue weighted by atomic mass is 9.96. The third kappa shape index (κ3) is 2.60. The highest BCUT2D eigenvalue weighted by molar-refractivity contribution is 7.99. The number of benzene rings is 1. The van der Waals surface area contributed by atoms with Gasteiger partial charge in [-0.3, -0.25) is 4.79 Å². The summed E-state index contributed by atoms with van der Waals surface area (Å²) in [5.41, 5.74) is 0.0535. The lowest BCUT2D eigenvalue weighted by Crippen LogP contribution is -2.19. The molecule has 1 aliphatic rings. The van der Waals surface area contributed by atoms with Crippen molar-refractivity contribution >= 4 is 17.7 Å². The molecule has 0 atom stereocenters. The van der Waals surface area contributed by atoms with Crippen molar-refractivity contribution in [2.24, 2.45) is 0 Å². The maximum Gasteiger partial charge on any atom is 0.314 e. The second kappa shape index (κ2) is 4.64. The second-order valence-electron chi connectivity index (χ2n) is 4.11. The second-order valence-corrected chi connectivity index (χ2v) is 5.21. The largest absolute Gasteiger partial charge is 0.481 e. The zero-order valence-corrected chi connectivity index (χ0v) is 9.84. The Morgan fingerprint density at radius 1 is 1.35 bits per heavy atom. The summed E-state index contributed by atoms with van der Waals surface area (Å²) in [6, 6.07) is 6.89. The van der Waals surface area contributed by atoms with Crippen LogP contribution in [0, 0.1) is 0 Å². The van der Waals surface area contributed by atoms with Gasteiger partial charge in [-0.2, -0.15) is 0 Å². The molecule has 1 saturated carbocycles. The molecule has 5 heteroatoms. The molecule has 17 heavy (non-hydrogen) atoms. The maximum absolute atomic E-state index is 12.0. The van der Waals surface area contributed by atoms with Gasteiger partial charge in [0.25, 0.3) is 0 Å². The van der Waals surface area contributed by atoms with Crippen LogP contribution in [0.5, 0.6) is 0 Å². The van der Waals surface area contributed by atoms with Gasteiger partial charge in [-0.1, -0.05) is 12.1 Å². The van der Waals surface area contributed by atoms with Gasteiger partial charge in [-0.05, 0) is 30.5 Å². The molecular weight excluding hydrogens is 246 g/mol. The summed E-state index contributed by atoms with van der Waals surface area (Å²) in [6.07, 6.45) is -1.01. The van der Waals surface area contributed by atoms with Crippen LogP contribution in [0.15, 0.2) is 29.2 Å². The lowest BCUT2D eigenvalue weighted by molar-refractivity contribution is -0.140. The van der Waals surface area contributed by atoms with E-state index in [2.05, 4.69) is 0 Å². The molecule has 0 bridgehead atoms. The van der Waals surface area contributed by atoms with Gasteiger partial charge in [0.15, 0.2) is 0 Å². The Morgan fingerprint density at radius 2 is 1.94 bits per heavy atom. The van der Waals surface area contributed by atoms with Crippen LogP contribution in [0.1, 0.15) is 18.4 Å². The van der Waals surface area contributed by atoms with E-state index in [-0.39, 0.29) is 5.75 Å². The summed E-state index contributed by atoms with van der Waals surface area (Å²) < 4.78 is 24.0. The number of alkyl halides is 2. The van der Waals surface area contributed by atoms with E-state index in [1.54, 1.807) is 24.3 Å². The van der Waals surface area contributed by atoms with Gasteiger partial charge in [-0.15, -0.1) is 11.8 Å². The molecule has 0 aromatic heterocycles. The summed E-state index contributed by atoms with van der Waals surface area (Å²) in [5, 5.41) is 9.10. The van der Waals surface area contributed by atoms with Crippen LogP contribution in [0.3, 0.4) is 0 Å². The topological polar surface area (TPSA) is 37.3 Å². The minimum atomic E-state index is -2.33. The highest BCUT2D eigenvalue weighted by Crippen LogP contribution is 2.48. The maximum atomic E-state index is 12.0. The van der Waals surface area contributed by atoms with Crippen molar-refractivity contribution in [3.63, 3.8) is 0 Å². The minimum Gasteiger partial charge on any atom is -0.481 e. The Bertz CT molecular complexity index is 413. The fourth-order valence-electron chi connectivity index (χ4n) is 1.78. The number of aliphatic carboxylic acids is 1. The molecule has 2 nitrogen and oxygen atoms in total. The van der Waals surface area contributed by atoms with E-state index in [4.69, 9.17) is 5.11 Å². The standard InChI is InChI=1S/C12H12F2O2S/c13-10(14)7-17-9-3-1-8(2-4-9)12(5-6-12)11(15)16/h1-4,10H,5-7H2,(H,15,16). The average Bonchev–Trinajstić information content (AvgIpc) is 3.08. The fourth-order valence-corrected chi connectivity index (χ4v) is 2.43. The first kappa shape index (κ1) is 12.4. The van der Waals surface area contributed by atoms with Gasteiger partial charge in [0, 0.05) is 4.90 Å². The van der Waals surface area contributed by atoms with Crippen LogP contribution in [0.4, 0.5) is 8.78 Å². The number of hydrogen-bond acceptors (Lipinski definition) is 2. The number of thioether (sulfide) groups is 1. The SMILES string of the molecule is O=C(O)C1(c2ccc(SCC(F)F)cc2)CC1. The van der Waals surface area contributed by atoms with Crippen molar-refractivity contribution in [1.29, 1.82) is 0 Å². The number of hydrogen-bond donors (Lipinski definition) is 1. The molecule has 1 aliphatic carbocycles. The predicted octanol–water partition coefficient (Wildman–Crippen LogP) is 3.16. The number of rotatable bonds is 5. The molecule has 92 valence electrons. The highest BCUT2D eigenvalue weighted by atomic mass is 32.2. The van der Waals surface area contributed by atoms with Crippen molar-refractivity contribution in [3.05, 3.63) is 29.8 Å². The van der Waals surface area contributed by atoms with Gasteiger partial charge in [0.2, 0.25) is 6.43 Å². The van der Waals surface area contributed by atoms with E-state index in [0.717, 1.165) is 22.2 Å². The van der Waals surface area contributed by atoms with Crippen LogP contribution in [-0.4, -0.2) is 23.3 Å².